The van der Waals surface area contributed by atoms with Crippen molar-refractivity contribution >= 4 is 5.97 Å². The van der Waals surface area contributed by atoms with E-state index in [1.54, 1.807) is 7.11 Å². The molecule has 6 nitrogen and oxygen atoms in total. The normalized spacial score (nSPS) is 10.1. The second kappa shape index (κ2) is 8.46. The van der Waals surface area contributed by atoms with Crippen molar-refractivity contribution in [1.29, 1.82) is 0 Å². The molecule has 0 amide bonds. The molecule has 0 aromatic heterocycles. The number of nitrogens with two attached hydrogens (primary N) is 1. The fourth-order valence-corrected chi connectivity index (χ4v) is 1.34. The molecule has 100 valence electrons. The minimum atomic E-state index is -0.464. The van der Waals surface area contributed by atoms with E-state index < -0.39 is 5.97 Å². The standard InChI is InChI=1S/C12H18N2O4/c1-16-8-6-10-2-4-11(5-3-10)17-9-7-12(15)18-14-13/h2-5,14H,6-9,13H2,1H3. The van der Waals surface area contributed by atoms with Crippen molar-refractivity contribution in [3.8, 4) is 5.75 Å². The number of hydrazine groups is 1. The topological polar surface area (TPSA) is 82.8 Å². The Hall–Kier alpha value is -1.63. The molecule has 0 fully saturated rings. The highest BCUT2D eigenvalue weighted by molar-refractivity contribution is 5.69. The van der Waals surface area contributed by atoms with Gasteiger partial charge in [-0.25, -0.2) is 5.84 Å². The smallest absolute Gasteiger partial charge is 0.329 e. The van der Waals surface area contributed by atoms with Gasteiger partial charge in [0, 0.05) is 7.11 Å². The molecule has 0 bridgehead atoms. The Balaban J connectivity index is 2.28. The van der Waals surface area contributed by atoms with Crippen LogP contribution in [0.3, 0.4) is 0 Å². The zero-order chi connectivity index (χ0) is 13.2. The van der Waals surface area contributed by atoms with Crippen molar-refractivity contribution in [2.75, 3.05) is 20.3 Å². The molecule has 0 unspecified atom stereocenters. The van der Waals surface area contributed by atoms with Gasteiger partial charge in [-0.3, -0.25) is 4.79 Å². The van der Waals surface area contributed by atoms with Crippen LogP contribution in [0.2, 0.25) is 0 Å². The summed E-state index contributed by atoms with van der Waals surface area (Å²) in [5.41, 5.74) is 3.00. The minimum absolute atomic E-state index is 0.135. The van der Waals surface area contributed by atoms with Gasteiger partial charge in [-0.1, -0.05) is 17.7 Å². The molecule has 6 heteroatoms. The molecular weight excluding hydrogens is 236 g/mol. The Morgan fingerprint density at radius 2 is 2.00 bits per heavy atom. The van der Waals surface area contributed by atoms with E-state index in [-0.39, 0.29) is 13.0 Å². The van der Waals surface area contributed by atoms with E-state index in [9.17, 15) is 4.79 Å². The number of carbonyl (C=O) groups is 1. The first-order valence-electron chi connectivity index (χ1n) is 5.62. The van der Waals surface area contributed by atoms with Gasteiger partial charge in [-0.05, 0) is 24.1 Å². The number of ether oxygens (including phenoxy) is 2. The van der Waals surface area contributed by atoms with Gasteiger partial charge in [0.25, 0.3) is 0 Å². The second-order valence-corrected chi connectivity index (χ2v) is 3.58. The van der Waals surface area contributed by atoms with Crippen molar-refractivity contribution in [2.24, 2.45) is 5.84 Å². The van der Waals surface area contributed by atoms with Crippen molar-refractivity contribution in [2.45, 2.75) is 12.8 Å². The van der Waals surface area contributed by atoms with Crippen LogP contribution in [0.25, 0.3) is 0 Å². The largest absolute Gasteiger partial charge is 0.493 e. The van der Waals surface area contributed by atoms with Gasteiger partial charge in [0.1, 0.15) is 5.75 Å². The number of benzene rings is 1. The molecule has 0 aliphatic carbocycles. The van der Waals surface area contributed by atoms with Gasteiger partial charge in [0.15, 0.2) is 0 Å². The van der Waals surface area contributed by atoms with Gasteiger partial charge in [-0.2, -0.15) is 0 Å². The Bertz CT molecular complexity index is 354. The zero-order valence-corrected chi connectivity index (χ0v) is 10.3. The predicted octanol–water partition coefficient (Wildman–Crippen LogP) is 0.566. The molecular formula is C12H18N2O4. The summed E-state index contributed by atoms with van der Waals surface area (Å²) in [5, 5.41) is 0. The first-order valence-corrected chi connectivity index (χ1v) is 5.62. The van der Waals surface area contributed by atoms with E-state index in [0.717, 1.165) is 6.42 Å². The van der Waals surface area contributed by atoms with Gasteiger partial charge in [-0.15, -0.1) is 0 Å². The van der Waals surface area contributed by atoms with Crippen LogP contribution < -0.4 is 16.2 Å². The fraction of sp³-hybridized carbons (Fsp3) is 0.417. The van der Waals surface area contributed by atoms with Crippen LogP contribution in [0.4, 0.5) is 0 Å². The molecule has 0 aliphatic rings. The molecule has 1 aromatic rings. The van der Waals surface area contributed by atoms with E-state index in [0.29, 0.717) is 12.4 Å². The van der Waals surface area contributed by atoms with Crippen LogP contribution in [0, 0.1) is 0 Å². The van der Waals surface area contributed by atoms with Crippen molar-refractivity contribution < 1.29 is 19.1 Å². The molecule has 1 rings (SSSR count). The number of methoxy groups -OCH3 is 1. The number of hydrogen-bond acceptors (Lipinski definition) is 6. The summed E-state index contributed by atoms with van der Waals surface area (Å²) < 4.78 is 10.4. The lowest BCUT2D eigenvalue weighted by molar-refractivity contribution is -0.151. The maximum Gasteiger partial charge on any atom is 0.329 e. The summed E-state index contributed by atoms with van der Waals surface area (Å²) in [6, 6.07) is 7.65. The maximum atomic E-state index is 10.9. The average molecular weight is 254 g/mol. The number of carbonyl (C=O) groups excluding carboxylic acids is 1. The summed E-state index contributed by atoms with van der Waals surface area (Å²) in [6.07, 6.45) is 1.00. The highest BCUT2D eigenvalue weighted by Crippen LogP contribution is 2.12. The first kappa shape index (κ1) is 14.4. The Labute approximate surface area is 106 Å². The van der Waals surface area contributed by atoms with E-state index >= 15 is 0 Å². The van der Waals surface area contributed by atoms with Crippen molar-refractivity contribution in [1.82, 2.24) is 5.59 Å². The summed E-state index contributed by atoms with van der Waals surface area (Å²) >= 11 is 0. The highest BCUT2D eigenvalue weighted by Gasteiger charge is 2.02. The molecule has 0 spiro atoms. The van der Waals surface area contributed by atoms with E-state index in [2.05, 4.69) is 4.84 Å². The summed E-state index contributed by atoms with van der Waals surface area (Å²) in [7, 11) is 1.67. The third-order valence-corrected chi connectivity index (χ3v) is 2.27. The summed E-state index contributed by atoms with van der Waals surface area (Å²) in [4.78, 5) is 15.3. The lowest BCUT2D eigenvalue weighted by Gasteiger charge is -2.06. The molecule has 0 saturated carbocycles. The maximum absolute atomic E-state index is 10.9. The lowest BCUT2D eigenvalue weighted by atomic mass is 10.1. The zero-order valence-electron chi connectivity index (χ0n) is 10.3. The monoisotopic (exact) mass is 254 g/mol. The van der Waals surface area contributed by atoms with Crippen LogP contribution in [0.5, 0.6) is 5.75 Å². The van der Waals surface area contributed by atoms with Crippen molar-refractivity contribution in [3.63, 3.8) is 0 Å². The van der Waals surface area contributed by atoms with Crippen LogP contribution >= 0.6 is 0 Å². The van der Waals surface area contributed by atoms with E-state index in [1.165, 1.54) is 5.56 Å². The molecule has 3 N–H and O–H groups in total. The second-order valence-electron chi connectivity index (χ2n) is 3.58. The lowest BCUT2D eigenvalue weighted by Crippen LogP contribution is -2.26. The molecule has 0 saturated heterocycles. The fourth-order valence-electron chi connectivity index (χ4n) is 1.34. The highest BCUT2D eigenvalue weighted by atomic mass is 16.7. The van der Waals surface area contributed by atoms with Gasteiger partial charge >= 0.3 is 5.97 Å². The van der Waals surface area contributed by atoms with Gasteiger partial charge in [0.2, 0.25) is 0 Å². The first-order chi connectivity index (χ1) is 8.76. The van der Waals surface area contributed by atoms with E-state index in [4.69, 9.17) is 15.3 Å². The molecule has 0 atom stereocenters. The third-order valence-electron chi connectivity index (χ3n) is 2.27. The minimum Gasteiger partial charge on any atom is -0.493 e. The molecule has 18 heavy (non-hydrogen) atoms. The van der Waals surface area contributed by atoms with Crippen LogP contribution in [-0.2, 0) is 20.8 Å². The van der Waals surface area contributed by atoms with Crippen LogP contribution in [0.1, 0.15) is 12.0 Å². The average Bonchev–Trinajstić information content (AvgIpc) is 2.38. The van der Waals surface area contributed by atoms with Crippen LogP contribution in [0.15, 0.2) is 24.3 Å². The Morgan fingerprint density at radius 1 is 1.28 bits per heavy atom. The van der Waals surface area contributed by atoms with Gasteiger partial charge < -0.3 is 14.3 Å². The Kier molecular flexibility index (Phi) is 6.78. The molecule has 1 aromatic carbocycles. The predicted molar refractivity (Wildman–Crippen MR) is 65.5 cm³/mol. The van der Waals surface area contributed by atoms with E-state index in [1.807, 2.05) is 29.9 Å². The SMILES string of the molecule is COCCc1ccc(OCCC(=O)ONN)cc1. The molecule has 0 heterocycles. The van der Waals surface area contributed by atoms with Crippen LogP contribution in [-0.4, -0.2) is 26.3 Å². The molecule has 0 aliphatic heterocycles. The third kappa shape index (κ3) is 5.62. The number of hydrogen-bond donors (Lipinski definition) is 2. The summed E-state index contributed by atoms with van der Waals surface area (Å²) in [6.45, 7) is 0.941. The molecule has 0 radical (unpaired) electrons. The number of rotatable bonds is 8. The Morgan fingerprint density at radius 3 is 2.61 bits per heavy atom. The summed E-state index contributed by atoms with van der Waals surface area (Å²) in [5.74, 6) is 5.07. The van der Waals surface area contributed by atoms with Crippen molar-refractivity contribution in [3.05, 3.63) is 29.8 Å². The quantitative estimate of drug-likeness (QED) is 0.521. The van der Waals surface area contributed by atoms with Gasteiger partial charge in [0.05, 0.1) is 19.6 Å². The number of nitrogens with one attached hydrogen (secondary N) is 1.